The van der Waals surface area contributed by atoms with E-state index in [1.807, 2.05) is 43.3 Å². The Morgan fingerprint density at radius 2 is 1.71 bits per heavy atom. The first-order chi connectivity index (χ1) is 16.4. The van der Waals surface area contributed by atoms with Crippen molar-refractivity contribution in [2.75, 3.05) is 4.90 Å². The molecular formula is C27H22ClN3O3. The molecule has 0 radical (unpaired) electrons. The summed E-state index contributed by atoms with van der Waals surface area (Å²) < 4.78 is 0. The predicted octanol–water partition coefficient (Wildman–Crippen LogP) is 4.68. The van der Waals surface area contributed by atoms with Crippen molar-refractivity contribution in [2.24, 2.45) is 0 Å². The van der Waals surface area contributed by atoms with Gasteiger partial charge in [0.1, 0.15) is 6.04 Å². The van der Waals surface area contributed by atoms with Crippen molar-refractivity contribution in [3.63, 3.8) is 0 Å². The summed E-state index contributed by atoms with van der Waals surface area (Å²) >= 11 is 5.97. The second-order valence-electron chi connectivity index (χ2n) is 8.14. The maximum Gasteiger partial charge on any atom is 0.257 e. The average Bonchev–Trinajstić information content (AvgIpc) is 3.14. The maximum atomic E-state index is 13.6. The molecule has 1 fully saturated rings. The Bertz CT molecular complexity index is 1250. The first kappa shape index (κ1) is 23.2. The number of nitriles is 1. The number of rotatable bonds is 6. The van der Waals surface area contributed by atoms with E-state index in [0.29, 0.717) is 16.3 Å². The van der Waals surface area contributed by atoms with Gasteiger partial charge in [0.2, 0.25) is 11.8 Å². The molecule has 34 heavy (non-hydrogen) atoms. The summed E-state index contributed by atoms with van der Waals surface area (Å²) in [5, 5.41) is 9.60. The van der Waals surface area contributed by atoms with Crippen molar-refractivity contribution in [1.82, 2.24) is 4.90 Å². The van der Waals surface area contributed by atoms with E-state index in [-0.39, 0.29) is 24.7 Å². The third-order valence-corrected chi connectivity index (χ3v) is 6.22. The molecule has 0 saturated carbocycles. The van der Waals surface area contributed by atoms with E-state index < -0.39 is 18.0 Å². The fourth-order valence-corrected chi connectivity index (χ4v) is 4.34. The topological polar surface area (TPSA) is 81.5 Å². The zero-order chi connectivity index (χ0) is 24.2. The van der Waals surface area contributed by atoms with E-state index in [1.165, 1.54) is 4.90 Å². The van der Waals surface area contributed by atoms with Crippen LogP contribution in [0.4, 0.5) is 5.69 Å². The third kappa shape index (κ3) is 4.70. The molecule has 7 heteroatoms. The number of hydrogen-bond acceptors (Lipinski definition) is 4. The summed E-state index contributed by atoms with van der Waals surface area (Å²) in [4.78, 5) is 42.6. The van der Waals surface area contributed by atoms with Crippen LogP contribution in [0.25, 0.3) is 0 Å². The maximum absolute atomic E-state index is 13.6. The van der Waals surface area contributed by atoms with Gasteiger partial charge in [-0.15, -0.1) is 0 Å². The van der Waals surface area contributed by atoms with Gasteiger partial charge in [-0.05, 0) is 54.4 Å². The highest BCUT2D eigenvalue weighted by Gasteiger charge is 2.45. The number of carbonyl (C=O) groups is 3. The molecule has 1 aliphatic heterocycles. The lowest BCUT2D eigenvalue weighted by molar-refractivity contribution is -0.140. The fourth-order valence-electron chi connectivity index (χ4n) is 4.21. The molecular weight excluding hydrogens is 450 g/mol. The van der Waals surface area contributed by atoms with E-state index in [2.05, 4.69) is 0 Å². The first-order valence-corrected chi connectivity index (χ1v) is 11.2. The summed E-state index contributed by atoms with van der Waals surface area (Å²) in [7, 11) is 0. The summed E-state index contributed by atoms with van der Waals surface area (Å²) in [6, 6.07) is 23.3. The Morgan fingerprint density at radius 1 is 1.06 bits per heavy atom. The van der Waals surface area contributed by atoms with Crippen LogP contribution in [0.5, 0.6) is 0 Å². The molecule has 0 N–H and O–H groups in total. The first-order valence-electron chi connectivity index (χ1n) is 10.9. The number of amides is 3. The van der Waals surface area contributed by atoms with E-state index in [0.717, 1.165) is 16.0 Å². The van der Waals surface area contributed by atoms with E-state index >= 15 is 0 Å². The second-order valence-corrected chi connectivity index (χ2v) is 8.57. The SMILES string of the molecule is CC(c1ccccc1)N(C(=O)Cc1ccc(Cl)cc1)C1CC(=O)N(c2ccc(C#N)cc2)C1=O. The molecule has 2 unspecified atom stereocenters. The highest BCUT2D eigenvalue weighted by molar-refractivity contribution is 6.30. The Kier molecular flexibility index (Phi) is 6.76. The van der Waals surface area contributed by atoms with Crippen LogP contribution in [-0.4, -0.2) is 28.7 Å². The van der Waals surface area contributed by atoms with Crippen molar-refractivity contribution in [3.05, 3.63) is 101 Å². The van der Waals surface area contributed by atoms with Gasteiger partial charge < -0.3 is 4.90 Å². The van der Waals surface area contributed by atoms with Gasteiger partial charge in [-0.25, -0.2) is 4.90 Å². The van der Waals surface area contributed by atoms with Crippen molar-refractivity contribution in [3.8, 4) is 6.07 Å². The van der Waals surface area contributed by atoms with Gasteiger partial charge >= 0.3 is 0 Å². The minimum Gasteiger partial charge on any atom is -0.323 e. The van der Waals surface area contributed by atoms with Crippen molar-refractivity contribution >= 4 is 35.0 Å². The van der Waals surface area contributed by atoms with Gasteiger partial charge in [0.05, 0.1) is 36.2 Å². The quantitative estimate of drug-likeness (QED) is 0.489. The Hall–Kier alpha value is -3.95. The Morgan fingerprint density at radius 3 is 2.32 bits per heavy atom. The van der Waals surface area contributed by atoms with Crippen LogP contribution < -0.4 is 4.90 Å². The second kappa shape index (κ2) is 9.90. The van der Waals surface area contributed by atoms with Crippen molar-refractivity contribution in [1.29, 1.82) is 5.26 Å². The Labute approximate surface area is 203 Å². The molecule has 1 saturated heterocycles. The number of hydrogen-bond donors (Lipinski definition) is 0. The number of imide groups is 1. The highest BCUT2D eigenvalue weighted by atomic mass is 35.5. The van der Waals surface area contributed by atoms with E-state index in [9.17, 15) is 14.4 Å². The molecule has 2 atom stereocenters. The average molecular weight is 472 g/mol. The summed E-state index contributed by atoms with van der Waals surface area (Å²) in [5.41, 5.74) is 2.44. The normalized spacial score (nSPS) is 16.3. The molecule has 1 heterocycles. The lowest BCUT2D eigenvalue weighted by Crippen LogP contribution is -2.47. The molecule has 0 aliphatic carbocycles. The van der Waals surface area contributed by atoms with Gasteiger partial charge in [0.25, 0.3) is 5.91 Å². The molecule has 1 aliphatic rings. The third-order valence-electron chi connectivity index (χ3n) is 5.97. The monoisotopic (exact) mass is 471 g/mol. The van der Waals surface area contributed by atoms with Crippen LogP contribution in [0.15, 0.2) is 78.9 Å². The fraction of sp³-hybridized carbons (Fsp3) is 0.185. The standard InChI is InChI=1S/C27H22ClN3O3/c1-18(21-5-3-2-4-6-21)30(25(32)15-19-7-11-22(28)12-8-19)24-16-26(33)31(27(24)34)23-13-9-20(17-29)10-14-23/h2-14,18,24H,15-16H2,1H3. The molecule has 4 rings (SSSR count). The van der Waals surface area contributed by atoms with Crippen LogP contribution in [-0.2, 0) is 20.8 Å². The molecule has 3 amide bonds. The number of benzene rings is 3. The van der Waals surface area contributed by atoms with Gasteiger partial charge in [0.15, 0.2) is 0 Å². The largest absolute Gasteiger partial charge is 0.323 e. The zero-order valence-electron chi connectivity index (χ0n) is 18.5. The summed E-state index contributed by atoms with van der Waals surface area (Å²) in [5.74, 6) is -1.10. The van der Waals surface area contributed by atoms with Gasteiger partial charge in [-0.2, -0.15) is 5.26 Å². The minimum atomic E-state index is -0.932. The van der Waals surface area contributed by atoms with Crippen molar-refractivity contribution < 1.29 is 14.4 Å². The van der Waals surface area contributed by atoms with E-state index in [4.69, 9.17) is 16.9 Å². The number of nitrogens with zero attached hydrogens (tertiary/aromatic N) is 3. The molecule has 0 aromatic heterocycles. The van der Waals surface area contributed by atoms with Gasteiger partial charge in [-0.1, -0.05) is 54.1 Å². The van der Waals surface area contributed by atoms with Crippen LogP contribution >= 0.6 is 11.6 Å². The molecule has 6 nitrogen and oxygen atoms in total. The molecule has 3 aromatic rings. The number of halogens is 1. The lowest BCUT2D eigenvalue weighted by atomic mass is 10.0. The molecule has 0 spiro atoms. The highest BCUT2D eigenvalue weighted by Crippen LogP contribution is 2.32. The Balaban J connectivity index is 1.67. The van der Waals surface area contributed by atoms with Crippen LogP contribution in [0, 0.1) is 11.3 Å². The van der Waals surface area contributed by atoms with Gasteiger partial charge in [0, 0.05) is 5.02 Å². The predicted molar refractivity (Wildman–Crippen MR) is 129 cm³/mol. The lowest BCUT2D eigenvalue weighted by Gasteiger charge is -2.34. The summed E-state index contributed by atoms with van der Waals surface area (Å²) in [6.07, 6.45) is -0.0362. The van der Waals surface area contributed by atoms with Gasteiger partial charge in [-0.3, -0.25) is 14.4 Å². The molecule has 3 aromatic carbocycles. The number of anilines is 1. The van der Waals surface area contributed by atoms with E-state index in [1.54, 1.807) is 48.5 Å². The molecule has 0 bridgehead atoms. The zero-order valence-corrected chi connectivity index (χ0v) is 19.3. The van der Waals surface area contributed by atoms with Crippen LogP contribution in [0.3, 0.4) is 0 Å². The number of carbonyl (C=O) groups excluding carboxylic acids is 3. The smallest absolute Gasteiger partial charge is 0.257 e. The van der Waals surface area contributed by atoms with Crippen molar-refractivity contribution in [2.45, 2.75) is 31.8 Å². The summed E-state index contributed by atoms with van der Waals surface area (Å²) in [6.45, 7) is 1.86. The van der Waals surface area contributed by atoms with Crippen LogP contribution in [0.1, 0.15) is 36.1 Å². The minimum absolute atomic E-state index is 0.0726. The molecule has 170 valence electrons. The van der Waals surface area contributed by atoms with Crippen LogP contribution in [0.2, 0.25) is 5.02 Å².